The van der Waals surface area contributed by atoms with Gasteiger partial charge in [-0.15, -0.1) is 0 Å². The van der Waals surface area contributed by atoms with Gasteiger partial charge in [0.15, 0.2) is 0 Å². The van der Waals surface area contributed by atoms with E-state index in [9.17, 15) is 14.4 Å². The van der Waals surface area contributed by atoms with Gasteiger partial charge < -0.3 is 15.4 Å². The summed E-state index contributed by atoms with van der Waals surface area (Å²) in [7, 11) is 1.29. The van der Waals surface area contributed by atoms with E-state index in [-0.39, 0.29) is 18.9 Å². The quantitative estimate of drug-likeness (QED) is 0.670. The van der Waals surface area contributed by atoms with Gasteiger partial charge in [-0.25, -0.2) is 0 Å². The molecule has 0 fully saturated rings. The number of anilines is 2. The molecule has 7 nitrogen and oxygen atoms in total. The zero-order valence-electron chi connectivity index (χ0n) is 17.6. The number of nitrogens with zero attached hydrogens (tertiary/aromatic N) is 1. The fraction of sp³-hybridized carbons (Fsp3) is 0.261. The molecule has 1 aliphatic rings. The maximum Gasteiger partial charge on any atom is 0.311 e. The van der Waals surface area contributed by atoms with E-state index < -0.39 is 11.9 Å². The molecular weight excluding hydrogens is 418 g/mol. The van der Waals surface area contributed by atoms with E-state index in [0.717, 1.165) is 16.7 Å². The van der Waals surface area contributed by atoms with Crippen LogP contribution in [0.25, 0.3) is 0 Å². The Balaban J connectivity index is 1.82. The molecule has 2 amide bonds. The molecule has 3 rings (SSSR count). The van der Waals surface area contributed by atoms with Gasteiger partial charge in [0, 0.05) is 23.3 Å². The van der Waals surface area contributed by atoms with Crippen LogP contribution in [0.1, 0.15) is 23.1 Å². The number of amides is 2. The van der Waals surface area contributed by atoms with Crippen molar-refractivity contribution >= 4 is 40.8 Å². The molecule has 0 unspecified atom stereocenters. The van der Waals surface area contributed by atoms with Crippen LogP contribution in [0.4, 0.5) is 11.4 Å². The summed E-state index contributed by atoms with van der Waals surface area (Å²) < 4.78 is 4.72. The summed E-state index contributed by atoms with van der Waals surface area (Å²) in [6.07, 6.45) is 1.25. The molecule has 2 aromatic carbocycles. The minimum Gasteiger partial charge on any atom is -0.469 e. The van der Waals surface area contributed by atoms with E-state index in [4.69, 9.17) is 16.3 Å². The van der Waals surface area contributed by atoms with Crippen LogP contribution in [0.5, 0.6) is 0 Å². The van der Waals surface area contributed by atoms with Crippen LogP contribution in [0.15, 0.2) is 48.2 Å². The van der Waals surface area contributed by atoms with Crippen LogP contribution in [0.2, 0.25) is 5.02 Å². The number of aryl methyl sites for hydroxylation is 2. The summed E-state index contributed by atoms with van der Waals surface area (Å²) >= 11 is 5.89. The van der Waals surface area contributed by atoms with Crippen molar-refractivity contribution in [3.63, 3.8) is 0 Å². The smallest absolute Gasteiger partial charge is 0.311 e. The number of nitrogens with one attached hydrogen (secondary N) is 2. The average molecular weight is 442 g/mol. The number of carbonyl (C=O) groups is 3. The first-order chi connectivity index (χ1) is 14.8. The van der Waals surface area contributed by atoms with Crippen molar-refractivity contribution in [2.45, 2.75) is 26.8 Å². The molecule has 8 heteroatoms. The lowest BCUT2D eigenvalue weighted by molar-refractivity contribution is -0.139. The molecule has 0 spiro atoms. The van der Waals surface area contributed by atoms with Crippen molar-refractivity contribution in [1.82, 2.24) is 5.32 Å². The Labute approximate surface area is 186 Å². The fourth-order valence-corrected chi connectivity index (χ4v) is 3.29. The zero-order valence-corrected chi connectivity index (χ0v) is 18.4. The lowest BCUT2D eigenvalue weighted by atomic mass is 10.1. The highest BCUT2D eigenvalue weighted by molar-refractivity contribution is 6.30. The number of rotatable bonds is 6. The monoisotopic (exact) mass is 441 g/mol. The predicted molar refractivity (Wildman–Crippen MR) is 120 cm³/mol. The molecule has 0 saturated heterocycles. The number of halogens is 1. The van der Waals surface area contributed by atoms with Crippen molar-refractivity contribution in [2.75, 3.05) is 23.9 Å². The van der Waals surface area contributed by atoms with E-state index in [2.05, 4.69) is 10.6 Å². The minimum absolute atomic E-state index is 0.0782. The molecule has 2 aromatic rings. The normalized spacial score (nSPS) is 13.0. The van der Waals surface area contributed by atoms with Gasteiger partial charge >= 0.3 is 5.97 Å². The second kappa shape index (κ2) is 9.66. The number of hydrogen-bond donors (Lipinski definition) is 2. The Morgan fingerprint density at radius 1 is 1.13 bits per heavy atom. The molecule has 1 aliphatic heterocycles. The van der Waals surface area contributed by atoms with Crippen molar-refractivity contribution < 1.29 is 19.1 Å². The van der Waals surface area contributed by atoms with E-state index in [1.807, 2.05) is 38.1 Å². The van der Waals surface area contributed by atoms with Crippen molar-refractivity contribution in [3.05, 3.63) is 69.9 Å². The maximum absolute atomic E-state index is 13.0. The second-order valence-corrected chi connectivity index (χ2v) is 7.77. The minimum atomic E-state index is -0.467. The summed E-state index contributed by atoms with van der Waals surface area (Å²) in [5.41, 5.74) is 4.53. The van der Waals surface area contributed by atoms with Crippen LogP contribution in [-0.2, 0) is 25.7 Å². The highest BCUT2D eigenvalue weighted by Crippen LogP contribution is 2.33. The number of benzene rings is 2. The standard InChI is InChI=1S/C23H24ClN3O4/c1-14-8-19-20(9-15(14)2)27(22(29)10-18(26-19)11-23(30)31-3)13-21(28)25-12-16-4-6-17(24)7-5-16/h4-10,26H,11-13H2,1-3H3,(H,25,28). The van der Waals surface area contributed by atoms with Crippen LogP contribution in [0, 0.1) is 13.8 Å². The maximum atomic E-state index is 13.0. The fourth-order valence-electron chi connectivity index (χ4n) is 3.17. The lowest BCUT2D eigenvalue weighted by Gasteiger charge is -2.23. The Bertz CT molecular complexity index is 1050. The predicted octanol–water partition coefficient (Wildman–Crippen LogP) is 3.48. The molecule has 0 bridgehead atoms. The first-order valence-corrected chi connectivity index (χ1v) is 10.1. The highest BCUT2D eigenvalue weighted by Gasteiger charge is 2.25. The largest absolute Gasteiger partial charge is 0.469 e. The molecule has 2 N–H and O–H groups in total. The van der Waals surface area contributed by atoms with E-state index in [1.165, 1.54) is 18.1 Å². The van der Waals surface area contributed by atoms with Crippen molar-refractivity contribution in [3.8, 4) is 0 Å². The molecule has 0 aromatic heterocycles. The number of esters is 1. The Morgan fingerprint density at radius 2 is 1.81 bits per heavy atom. The molecule has 1 heterocycles. The molecular formula is C23H24ClN3O4. The molecule has 0 saturated carbocycles. The van der Waals surface area contributed by atoms with E-state index >= 15 is 0 Å². The van der Waals surface area contributed by atoms with Crippen molar-refractivity contribution in [1.29, 1.82) is 0 Å². The Kier molecular flexibility index (Phi) is 6.97. The van der Waals surface area contributed by atoms with Crippen LogP contribution in [0.3, 0.4) is 0 Å². The Morgan fingerprint density at radius 3 is 2.48 bits per heavy atom. The summed E-state index contributed by atoms with van der Waals surface area (Å²) in [6.45, 7) is 4.05. The highest BCUT2D eigenvalue weighted by atomic mass is 35.5. The van der Waals surface area contributed by atoms with Gasteiger partial charge in [0.1, 0.15) is 6.54 Å². The van der Waals surface area contributed by atoms with Gasteiger partial charge in [0.25, 0.3) is 5.91 Å². The molecule has 0 aliphatic carbocycles. The van der Waals surface area contributed by atoms with Crippen LogP contribution >= 0.6 is 11.6 Å². The van der Waals surface area contributed by atoms with Gasteiger partial charge in [0.2, 0.25) is 5.91 Å². The van der Waals surface area contributed by atoms with Gasteiger partial charge in [-0.05, 0) is 54.8 Å². The topological polar surface area (TPSA) is 87.7 Å². The third kappa shape index (κ3) is 5.64. The van der Waals surface area contributed by atoms with Crippen LogP contribution in [-0.4, -0.2) is 31.4 Å². The summed E-state index contributed by atoms with van der Waals surface area (Å²) in [5.74, 6) is -1.17. The first kappa shape index (κ1) is 22.4. The third-order valence-electron chi connectivity index (χ3n) is 5.03. The van der Waals surface area contributed by atoms with E-state index in [0.29, 0.717) is 28.6 Å². The number of fused-ring (bicyclic) bond motifs is 1. The van der Waals surface area contributed by atoms with Crippen LogP contribution < -0.4 is 15.5 Å². The summed E-state index contributed by atoms with van der Waals surface area (Å²) in [5, 5.41) is 6.59. The summed E-state index contributed by atoms with van der Waals surface area (Å²) in [4.78, 5) is 38.7. The van der Waals surface area contributed by atoms with Gasteiger partial charge in [-0.1, -0.05) is 23.7 Å². The number of carbonyl (C=O) groups excluding carboxylic acids is 3. The van der Waals surface area contributed by atoms with E-state index in [1.54, 1.807) is 12.1 Å². The number of methoxy groups -OCH3 is 1. The Hall–Kier alpha value is -3.32. The second-order valence-electron chi connectivity index (χ2n) is 7.33. The van der Waals surface area contributed by atoms with Crippen molar-refractivity contribution in [2.24, 2.45) is 0 Å². The van der Waals surface area contributed by atoms with Gasteiger partial charge in [-0.2, -0.15) is 0 Å². The molecule has 162 valence electrons. The zero-order chi connectivity index (χ0) is 22.5. The number of hydrogen-bond acceptors (Lipinski definition) is 5. The lowest BCUT2D eigenvalue weighted by Crippen LogP contribution is -2.40. The SMILES string of the molecule is COC(=O)CC1=CC(=O)N(CC(=O)NCc2ccc(Cl)cc2)c2cc(C)c(C)cc2N1. The summed E-state index contributed by atoms with van der Waals surface area (Å²) in [6, 6.07) is 10.9. The molecule has 0 radical (unpaired) electrons. The first-order valence-electron chi connectivity index (χ1n) is 9.75. The average Bonchev–Trinajstić information content (AvgIpc) is 2.84. The molecule has 31 heavy (non-hydrogen) atoms. The van der Waals surface area contributed by atoms with Gasteiger partial charge in [-0.3, -0.25) is 19.3 Å². The van der Waals surface area contributed by atoms with Gasteiger partial charge in [0.05, 0.1) is 24.9 Å². The number of ether oxygens (including phenoxy) is 1. The third-order valence-corrected chi connectivity index (χ3v) is 5.28. The molecule has 0 atom stereocenters.